The van der Waals surface area contributed by atoms with Gasteiger partial charge in [0.05, 0.1) is 20.3 Å². The molecule has 3 nitrogen and oxygen atoms in total. The fourth-order valence-corrected chi connectivity index (χ4v) is 3.79. The lowest BCUT2D eigenvalue weighted by Crippen LogP contribution is -2.05. The van der Waals surface area contributed by atoms with E-state index in [2.05, 4.69) is 0 Å². The van der Waals surface area contributed by atoms with Crippen LogP contribution in [-0.2, 0) is 0 Å². The van der Waals surface area contributed by atoms with E-state index in [0.29, 0.717) is 5.92 Å². The zero-order valence-corrected chi connectivity index (χ0v) is 11.6. The molecule has 1 N–H and O–H groups in total. The molecule has 2 aliphatic rings. The van der Waals surface area contributed by atoms with Crippen molar-refractivity contribution in [3.8, 4) is 11.5 Å². The van der Waals surface area contributed by atoms with Crippen LogP contribution in [0.2, 0.25) is 0 Å². The van der Waals surface area contributed by atoms with Crippen molar-refractivity contribution in [2.45, 2.75) is 31.8 Å². The second kappa shape index (κ2) is 5.04. The quantitative estimate of drug-likeness (QED) is 0.905. The van der Waals surface area contributed by atoms with Crippen LogP contribution in [0.15, 0.2) is 18.2 Å². The van der Waals surface area contributed by atoms with Gasteiger partial charge in [0.25, 0.3) is 0 Å². The summed E-state index contributed by atoms with van der Waals surface area (Å²) in [5.41, 5.74) is 0.876. The molecule has 0 aliphatic heterocycles. The normalized spacial score (nSPS) is 30.4. The second-order valence-electron chi connectivity index (χ2n) is 5.74. The van der Waals surface area contributed by atoms with Gasteiger partial charge >= 0.3 is 0 Å². The summed E-state index contributed by atoms with van der Waals surface area (Å²) < 4.78 is 10.6. The smallest absolute Gasteiger partial charge is 0.124 e. The Morgan fingerprint density at radius 2 is 1.79 bits per heavy atom. The summed E-state index contributed by atoms with van der Waals surface area (Å²) in [7, 11) is 3.30. The number of aliphatic hydroxyl groups is 1. The third-order valence-electron chi connectivity index (χ3n) is 4.84. The average Bonchev–Trinajstić information content (AvgIpc) is 3.20. The first-order valence-corrected chi connectivity index (χ1v) is 7.16. The molecule has 2 aliphatic carbocycles. The summed E-state index contributed by atoms with van der Waals surface area (Å²) in [6.45, 7) is 0. The minimum Gasteiger partial charge on any atom is -0.497 e. The highest BCUT2D eigenvalue weighted by Gasteiger charge is 2.54. The molecule has 19 heavy (non-hydrogen) atoms. The molecular weight excluding hydrogens is 240 g/mol. The molecule has 3 unspecified atom stereocenters. The van der Waals surface area contributed by atoms with Gasteiger partial charge in [-0.1, -0.05) is 12.8 Å². The van der Waals surface area contributed by atoms with Crippen molar-refractivity contribution in [2.75, 3.05) is 14.2 Å². The summed E-state index contributed by atoms with van der Waals surface area (Å²) in [5, 5.41) is 10.7. The first kappa shape index (κ1) is 12.8. The molecule has 1 aromatic rings. The van der Waals surface area contributed by atoms with E-state index in [4.69, 9.17) is 9.47 Å². The fraction of sp³-hybridized carbons (Fsp3) is 0.625. The maximum atomic E-state index is 10.7. The summed E-state index contributed by atoms with van der Waals surface area (Å²) in [6.07, 6.45) is 4.77. The van der Waals surface area contributed by atoms with Crippen LogP contribution in [0.25, 0.3) is 0 Å². The second-order valence-corrected chi connectivity index (χ2v) is 5.74. The van der Waals surface area contributed by atoms with Crippen LogP contribution in [0.3, 0.4) is 0 Å². The maximum absolute atomic E-state index is 10.7. The van der Waals surface area contributed by atoms with Crippen LogP contribution in [-0.4, -0.2) is 19.3 Å². The highest BCUT2D eigenvalue weighted by atomic mass is 16.5. The van der Waals surface area contributed by atoms with Gasteiger partial charge in [0.2, 0.25) is 0 Å². The van der Waals surface area contributed by atoms with Crippen LogP contribution in [0, 0.1) is 17.8 Å². The zero-order valence-electron chi connectivity index (χ0n) is 11.6. The molecule has 0 spiro atoms. The predicted octanol–water partition coefficient (Wildman–Crippen LogP) is 3.17. The van der Waals surface area contributed by atoms with E-state index < -0.39 is 6.10 Å². The first-order chi connectivity index (χ1) is 9.26. The van der Waals surface area contributed by atoms with Crippen LogP contribution in [0.4, 0.5) is 0 Å². The summed E-state index contributed by atoms with van der Waals surface area (Å²) in [5.74, 6) is 3.40. The number of hydrogen-bond donors (Lipinski definition) is 1. The number of aliphatic hydroxyl groups excluding tert-OH is 1. The third kappa shape index (κ3) is 2.20. The van der Waals surface area contributed by atoms with Crippen LogP contribution in [0.1, 0.15) is 37.4 Å². The minimum atomic E-state index is -0.418. The van der Waals surface area contributed by atoms with Gasteiger partial charge in [-0.25, -0.2) is 0 Å². The third-order valence-corrected chi connectivity index (χ3v) is 4.84. The molecule has 3 heteroatoms. The van der Waals surface area contributed by atoms with E-state index in [1.54, 1.807) is 14.2 Å². The standard InChI is InChI=1S/C16H22O3/c1-18-10-7-8-14(19-2)13(9-10)16(17)15-11-5-3-4-6-12(11)15/h7-9,11-12,15-17H,3-6H2,1-2H3. The van der Waals surface area contributed by atoms with Gasteiger partial charge < -0.3 is 14.6 Å². The number of rotatable bonds is 4. The SMILES string of the molecule is COc1ccc(OC)c(C(O)C2C3CCCCC32)c1. The molecule has 2 saturated carbocycles. The Hall–Kier alpha value is -1.22. The van der Waals surface area contributed by atoms with Crippen molar-refractivity contribution in [1.82, 2.24) is 0 Å². The average molecular weight is 262 g/mol. The highest BCUT2D eigenvalue weighted by molar-refractivity contribution is 5.42. The van der Waals surface area contributed by atoms with E-state index in [-0.39, 0.29) is 0 Å². The molecule has 2 fully saturated rings. The van der Waals surface area contributed by atoms with Crippen molar-refractivity contribution >= 4 is 0 Å². The van der Waals surface area contributed by atoms with Crippen molar-refractivity contribution in [2.24, 2.45) is 17.8 Å². The molecule has 0 amide bonds. The Labute approximate surface area is 114 Å². The van der Waals surface area contributed by atoms with Gasteiger partial charge in [0, 0.05) is 5.56 Å². The predicted molar refractivity (Wildman–Crippen MR) is 73.4 cm³/mol. The molecule has 0 saturated heterocycles. The van der Waals surface area contributed by atoms with Gasteiger partial charge in [-0.3, -0.25) is 0 Å². The zero-order chi connectivity index (χ0) is 13.4. The summed E-state index contributed by atoms with van der Waals surface area (Å²) >= 11 is 0. The Morgan fingerprint density at radius 3 is 2.37 bits per heavy atom. The Balaban J connectivity index is 1.84. The van der Waals surface area contributed by atoms with Crippen molar-refractivity contribution < 1.29 is 14.6 Å². The lowest BCUT2D eigenvalue weighted by atomic mass is 10.0. The molecule has 3 rings (SSSR count). The molecular formula is C16H22O3. The first-order valence-electron chi connectivity index (χ1n) is 7.16. The Bertz CT molecular complexity index is 445. The van der Waals surface area contributed by atoms with Gasteiger partial charge in [-0.15, -0.1) is 0 Å². The van der Waals surface area contributed by atoms with Crippen molar-refractivity contribution in [3.05, 3.63) is 23.8 Å². The maximum Gasteiger partial charge on any atom is 0.124 e. The van der Waals surface area contributed by atoms with E-state index in [1.807, 2.05) is 18.2 Å². The number of methoxy groups -OCH3 is 2. The van der Waals surface area contributed by atoms with Crippen molar-refractivity contribution in [3.63, 3.8) is 0 Å². The van der Waals surface area contributed by atoms with E-state index in [0.717, 1.165) is 28.9 Å². The molecule has 0 heterocycles. The molecule has 1 aromatic carbocycles. The minimum absolute atomic E-state index is 0.418. The van der Waals surface area contributed by atoms with Crippen LogP contribution >= 0.6 is 0 Å². The number of ether oxygens (including phenoxy) is 2. The van der Waals surface area contributed by atoms with Crippen LogP contribution < -0.4 is 9.47 Å². The lowest BCUT2D eigenvalue weighted by Gasteiger charge is -2.16. The van der Waals surface area contributed by atoms with Gasteiger partial charge in [0.15, 0.2) is 0 Å². The molecule has 0 radical (unpaired) electrons. The summed E-state index contributed by atoms with van der Waals surface area (Å²) in [6, 6.07) is 5.66. The van der Waals surface area contributed by atoms with E-state index in [9.17, 15) is 5.11 Å². The fourth-order valence-electron chi connectivity index (χ4n) is 3.79. The van der Waals surface area contributed by atoms with Gasteiger partial charge in [-0.2, -0.15) is 0 Å². The Morgan fingerprint density at radius 1 is 1.11 bits per heavy atom. The number of benzene rings is 1. The molecule has 104 valence electrons. The van der Waals surface area contributed by atoms with Gasteiger partial charge in [-0.05, 0) is 48.8 Å². The molecule has 3 atom stereocenters. The van der Waals surface area contributed by atoms with E-state index >= 15 is 0 Å². The van der Waals surface area contributed by atoms with Crippen molar-refractivity contribution in [1.29, 1.82) is 0 Å². The molecule has 0 bridgehead atoms. The topological polar surface area (TPSA) is 38.7 Å². The van der Waals surface area contributed by atoms with Crippen LogP contribution in [0.5, 0.6) is 11.5 Å². The monoisotopic (exact) mass is 262 g/mol. The number of hydrogen-bond acceptors (Lipinski definition) is 3. The number of fused-ring (bicyclic) bond motifs is 1. The van der Waals surface area contributed by atoms with E-state index in [1.165, 1.54) is 25.7 Å². The highest BCUT2D eigenvalue weighted by Crippen LogP contribution is 2.61. The molecule has 0 aromatic heterocycles. The largest absolute Gasteiger partial charge is 0.497 e. The Kier molecular flexibility index (Phi) is 3.40. The van der Waals surface area contributed by atoms with Gasteiger partial charge in [0.1, 0.15) is 11.5 Å². The lowest BCUT2D eigenvalue weighted by molar-refractivity contribution is 0.138. The summed E-state index contributed by atoms with van der Waals surface area (Å²) in [4.78, 5) is 0.